The Labute approximate surface area is 184 Å². The zero-order chi connectivity index (χ0) is 21.5. The Morgan fingerprint density at radius 1 is 0.967 bits per heavy atom. The predicted octanol–water partition coefficient (Wildman–Crippen LogP) is 3.76. The Morgan fingerprint density at radius 2 is 1.63 bits per heavy atom. The molecule has 0 spiro atoms. The lowest BCUT2D eigenvalue weighted by atomic mass is 10.2. The van der Waals surface area contributed by atoms with Crippen molar-refractivity contribution in [2.24, 2.45) is 7.05 Å². The molecule has 30 heavy (non-hydrogen) atoms. The molecule has 3 rings (SSSR count). The number of amides is 2. The topological polar surface area (TPSA) is 88.9 Å². The Balaban J connectivity index is 1.55. The summed E-state index contributed by atoms with van der Waals surface area (Å²) >= 11 is 2.86. The van der Waals surface area contributed by atoms with Gasteiger partial charge >= 0.3 is 0 Å². The fourth-order valence-corrected chi connectivity index (χ4v) is 4.02. The number of hydrogen-bond donors (Lipinski definition) is 2. The number of nitrogens with one attached hydrogen (secondary N) is 2. The van der Waals surface area contributed by atoms with Crippen LogP contribution in [0.4, 0.5) is 11.4 Å². The van der Waals surface area contributed by atoms with Crippen LogP contribution in [-0.2, 0) is 23.1 Å². The smallest absolute Gasteiger partial charge is 0.234 e. The number of aromatic nitrogens is 3. The zero-order valence-corrected chi connectivity index (χ0v) is 18.6. The van der Waals surface area contributed by atoms with Crippen molar-refractivity contribution in [2.75, 3.05) is 22.6 Å². The van der Waals surface area contributed by atoms with Crippen molar-refractivity contribution in [3.63, 3.8) is 0 Å². The van der Waals surface area contributed by atoms with E-state index in [1.54, 1.807) is 23.4 Å². The summed E-state index contributed by atoms with van der Waals surface area (Å²) in [5, 5.41) is 14.6. The predicted molar refractivity (Wildman–Crippen MR) is 122 cm³/mol. The molecule has 2 amide bonds. The van der Waals surface area contributed by atoms with Crippen molar-refractivity contribution in [3.8, 4) is 0 Å². The molecule has 9 heteroatoms. The van der Waals surface area contributed by atoms with Gasteiger partial charge in [-0.15, -0.1) is 22.0 Å². The third-order valence-corrected chi connectivity index (χ3v) is 6.19. The molecule has 0 aliphatic heterocycles. The van der Waals surface area contributed by atoms with Crippen LogP contribution in [0.1, 0.15) is 11.4 Å². The molecule has 0 fully saturated rings. The first-order valence-corrected chi connectivity index (χ1v) is 11.5. The van der Waals surface area contributed by atoms with Crippen LogP contribution in [0.5, 0.6) is 0 Å². The molecule has 2 N–H and O–H groups in total. The molecule has 1 aromatic heterocycles. The van der Waals surface area contributed by atoms with E-state index in [0.29, 0.717) is 11.0 Å². The highest BCUT2D eigenvalue weighted by Gasteiger charge is 2.15. The standard InChI is InChI=1S/C21H23N5O2S2/c1-14-8-4-5-9-15(14)22-19(27)12-18-24-25-21(26(18)2)30-13-20(28)23-16-10-6-7-11-17(16)29-3/h4-11H,12-13H2,1-3H3,(H,22,27)(H,23,28). The van der Waals surface area contributed by atoms with E-state index in [1.165, 1.54) is 11.8 Å². The molecule has 0 saturated carbocycles. The minimum Gasteiger partial charge on any atom is -0.325 e. The highest BCUT2D eigenvalue weighted by atomic mass is 32.2. The second-order valence-corrected chi connectivity index (χ2v) is 8.33. The number of para-hydroxylation sites is 2. The summed E-state index contributed by atoms with van der Waals surface area (Å²) in [5.74, 6) is 0.451. The normalized spacial score (nSPS) is 10.6. The molecule has 0 atom stereocenters. The zero-order valence-electron chi connectivity index (χ0n) is 17.0. The number of hydrogen-bond acceptors (Lipinski definition) is 6. The van der Waals surface area contributed by atoms with Crippen LogP contribution in [0.15, 0.2) is 58.6 Å². The van der Waals surface area contributed by atoms with Crippen molar-refractivity contribution >= 4 is 46.7 Å². The van der Waals surface area contributed by atoms with Crippen molar-refractivity contribution in [2.45, 2.75) is 23.4 Å². The fourth-order valence-electron chi connectivity index (χ4n) is 2.74. The number of nitrogens with zero attached hydrogens (tertiary/aromatic N) is 3. The molecule has 0 unspecified atom stereocenters. The van der Waals surface area contributed by atoms with Crippen molar-refractivity contribution in [1.29, 1.82) is 0 Å². The van der Waals surface area contributed by atoms with Gasteiger partial charge in [-0.3, -0.25) is 9.59 Å². The van der Waals surface area contributed by atoms with E-state index in [2.05, 4.69) is 20.8 Å². The number of rotatable bonds is 8. The third-order valence-electron chi connectivity index (χ3n) is 4.38. The van der Waals surface area contributed by atoms with Gasteiger partial charge in [0.05, 0.1) is 17.9 Å². The molecule has 3 aromatic rings. The van der Waals surface area contributed by atoms with Gasteiger partial charge in [-0.1, -0.05) is 42.1 Å². The molecule has 0 bridgehead atoms. The molecule has 156 valence electrons. The number of benzene rings is 2. The molecule has 0 aliphatic carbocycles. The van der Waals surface area contributed by atoms with E-state index >= 15 is 0 Å². The van der Waals surface area contributed by atoms with E-state index in [9.17, 15) is 9.59 Å². The molecular weight excluding hydrogens is 418 g/mol. The number of aryl methyl sites for hydroxylation is 1. The van der Waals surface area contributed by atoms with Gasteiger partial charge in [0.2, 0.25) is 11.8 Å². The average Bonchev–Trinajstić information content (AvgIpc) is 3.08. The number of carbonyl (C=O) groups is 2. The first-order chi connectivity index (χ1) is 14.5. The van der Waals surface area contributed by atoms with Crippen molar-refractivity contribution in [1.82, 2.24) is 14.8 Å². The van der Waals surface area contributed by atoms with Gasteiger partial charge in [-0.2, -0.15) is 0 Å². The quantitative estimate of drug-likeness (QED) is 0.518. The Hall–Kier alpha value is -2.78. The van der Waals surface area contributed by atoms with E-state index in [1.807, 2.05) is 61.7 Å². The minimum atomic E-state index is -0.164. The highest BCUT2D eigenvalue weighted by molar-refractivity contribution is 7.99. The second kappa shape index (κ2) is 10.3. The average molecular weight is 442 g/mol. The number of thioether (sulfide) groups is 2. The van der Waals surface area contributed by atoms with Crippen LogP contribution >= 0.6 is 23.5 Å². The van der Waals surface area contributed by atoms with E-state index in [4.69, 9.17) is 0 Å². The number of anilines is 2. The van der Waals surface area contributed by atoms with Crippen molar-refractivity contribution < 1.29 is 9.59 Å². The van der Waals surface area contributed by atoms with Gasteiger partial charge < -0.3 is 15.2 Å². The van der Waals surface area contributed by atoms with Crippen LogP contribution in [0, 0.1) is 6.92 Å². The van der Waals surface area contributed by atoms with Crippen LogP contribution in [0.3, 0.4) is 0 Å². The maximum Gasteiger partial charge on any atom is 0.234 e. The lowest BCUT2D eigenvalue weighted by Gasteiger charge is -2.09. The largest absolute Gasteiger partial charge is 0.325 e. The van der Waals surface area contributed by atoms with Gasteiger partial charge in [0.25, 0.3) is 0 Å². The summed E-state index contributed by atoms with van der Waals surface area (Å²) in [4.78, 5) is 25.7. The van der Waals surface area contributed by atoms with Gasteiger partial charge in [-0.05, 0) is 36.9 Å². The Bertz CT molecular complexity index is 1050. The lowest BCUT2D eigenvalue weighted by Crippen LogP contribution is -2.18. The highest BCUT2D eigenvalue weighted by Crippen LogP contribution is 2.25. The van der Waals surface area contributed by atoms with Gasteiger partial charge in [0.15, 0.2) is 5.16 Å². The van der Waals surface area contributed by atoms with Gasteiger partial charge in [-0.25, -0.2) is 0 Å². The summed E-state index contributed by atoms with van der Waals surface area (Å²) in [5.41, 5.74) is 2.57. The molecule has 1 heterocycles. The van der Waals surface area contributed by atoms with Crippen LogP contribution in [-0.4, -0.2) is 38.6 Å². The lowest BCUT2D eigenvalue weighted by molar-refractivity contribution is -0.116. The van der Waals surface area contributed by atoms with Crippen LogP contribution in [0.2, 0.25) is 0 Å². The first-order valence-electron chi connectivity index (χ1n) is 9.27. The van der Waals surface area contributed by atoms with Crippen LogP contribution < -0.4 is 10.6 Å². The first kappa shape index (κ1) is 21.9. The van der Waals surface area contributed by atoms with Crippen LogP contribution in [0.25, 0.3) is 0 Å². The summed E-state index contributed by atoms with van der Waals surface area (Å²) < 4.78 is 1.74. The summed E-state index contributed by atoms with van der Waals surface area (Å²) in [6.07, 6.45) is 2.07. The molecule has 7 nitrogen and oxygen atoms in total. The summed E-state index contributed by atoms with van der Waals surface area (Å²) in [7, 11) is 1.79. The number of carbonyl (C=O) groups excluding carboxylic acids is 2. The van der Waals surface area contributed by atoms with E-state index in [-0.39, 0.29) is 24.0 Å². The molecule has 0 radical (unpaired) electrons. The SMILES string of the molecule is CSc1ccccc1NC(=O)CSc1nnc(CC(=O)Nc2ccccc2C)n1C. The van der Waals surface area contributed by atoms with E-state index in [0.717, 1.165) is 21.8 Å². The van der Waals surface area contributed by atoms with Crippen molar-refractivity contribution in [3.05, 3.63) is 59.9 Å². The third kappa shape index (κ3) is 5.64. The molecule has 0 saturated heterocycles. The monoisotopic (exact) mass is 441 g/mol. The summed E-state index contributed by atoms with van der Waals surface area (Å²) in [6.45, 7) is 1.94. The second-order valence-electron chi connectivity index (χ2n) is 6.53. The maximum atomic E-state index is 12.4. The Morgan fingerprint density at radius 3 is 2.37 bits per heavy atom. The summed E-state index contributed by atoms with van der Waals surface area (Å²) in [6, 6.07) is 15.3. The molecule has 2 aromatic carbocycles. The molecular formula is C21H23N5O2S2. The van der Waals surface area contributed by atoms with Gasteiger partial charge in [0.1, 0.15) is 5.82 Å². The fraction of sp³-hybridized carbons (Fsp3) is 0.238. The maximum absolute atomic E-state index is 12.4. The van der Waals surface area contributed by atoms with Gasteiger partial charge in [0, 0.05) is 17.6 Å². The minimum absolute atomic E-state index is 0.103. The van der Waals surface area contributed by atoms with E-state index < -0.39 is 0 Å². The molecule has 0 aliphatic rings. The Kier molecular flexibility index (Phi) is 7.53.